The molecule has 220 valence electrons. The van der Waals surface area contributed by atoms with Crippen molar-refractivity contribution in [2.45, 2.75) is 84.1 Å². The Kier molecular flexibility index (Phi) is 12.6. The maximum absolute atomic E-state index is 13.5. The fourth-order valence-corrected chi connectivity index (χ4v) is 3.80. The highest BCUT2D eigenvalue weighted by Gasteiger charge is 2.30. The van der Waals surface area contributed by atoms with E-state index >= 15 is 0 Å². The van der Waals surface area contributed by atoms with Gasteiger partial charge in [0.2, 0.25) is 11.8 Å². The summed E-state index contributed by atoms with van der Waals surface area (Å²) in [7, 11) is 0. The quantitative estimate of drug-likeness (QED) is 0.241. The molecule has 0 radical (unpaired) electrons. The zero-order chi connectivity index (χ0) is 29.8. The normalized spacial score (nSPS) is 13.2. The minimum Gasteiger partial charge on any atom is -0.488 e. The summed E-state index contributed by atoms with van der Waals surface area (Å²) in [6, 6.07) is 14.9. The summed E-state index contributed by atoms with van der Waals surface area (Å²) in [6.45, 7) is 12.1. The Bertz CT molecular complexity index is 1070. The first-order chi connectivity index (χ1) is 18.8. The van der Waals surface area contributed by atoms with Crippen molar-refractivity contribution in [1.29, 1.82) is 0 Å². The van der Waals surface area contributed by atoms with Crippen LogP contribution in [0.15, 0.2) is 54.6 Å². The zero-order valence-electron chi connectivity index (χ0n) is 24.6. The second-order valence-electron chi connectivity index (χ2n) is 11.6. The molecule has 0 saturated carbocycles. The summed E-state index contributed by atoms with van der Waals surface area (Å²) >= 11 is 0. The predicted octanol–water partition coefficient (Wildman–Crippen LogP) is 3.33. The molecule has 2 aromatic carbocycles. The zero-order valence-corrected chi connectivity index (χ0v) is 24.6. The number of nitrogens with two attached hydrogens (primary N) is 1. The topological polar surface area (TPSA) is 129 Å². The molecule has 0 bridgehead atoms. The van der Waals surface area contributed by atoms with Crippen molar-refractivity contribution in [2.24, 2.45) is 5.73 Å². The lowest BCUT2D eigenvalue weighted by Gasteiger charge is -2.27. The van der Waals surface area contributed by atoms with Crippen molar-refractivity contribution < 1.29 is 28.6 Å². The van der Waals surface area contributed by atoms with Gasteiger partial charge in [0.05, 0.1) is 13.2 Å². The third kappa shape index (κ3) is 13.1. The van der Waals surface area contributed by atoms with Crippen molar-refractivity contribution in [3.63, 3.8) is 0 Å². The lowest BCUT2D eigenvalue weighted by atomic mass is 10.0. The lowest BCUT2D eigenvalue weighted by Crippen LogP contribution is -2.54. The van der Waals surface area contributed by atoms with Crippen molar-refractivity contribution in [2.75, 3.05) is 19.8 Å². The van der Waals surface area contributed by atoms with Crippen LogP contribution in [-0.2, 0) is 36.7 Å². The van der Waals surface area contributed by atoms with E-state index < -0.39 is 29.6 Å². The van der Waals surface area contributed by atoms with Crippen LogP contribution in [0.3, 0.4) is 0 Å². The number of carbonyl (C=O) groups is 3. The standard InChI is InChI=1S/C31H45N3O6/c1-30(2,3)39-24-14-12-23(13-15-24)21-26(29(37)40-31(4,5)6)34-28(36)25(20-22-10-8-7-9-11-22)33-27(35)16-18-38-19-17-32/h7-15,25-26H,16-21,32H2,1-6H3,(H,33,35)(H,34,36)/t25-,26+/m0/s1. The number of hydrogen-bond acceptors (Lipinski definition) is 7. The molecule has 0 aliphatic rings. The monoisotopic (exact) mass is 555 g/mol. The SMILES string of the molecule is CC(C)(C)OC(=O)[C@@H](Cc1ccc(OC(C)(C)C)cc1)NC(=O)[C@H](Cc1ccccc1)NC(=O)CCOCCN. The van der Waals surface area contributed by atoms with E-state index in [0.717, 1.165) is 11.1 Å². The number of nitrogens with one attached hydrogen (secondary N) is 2. The Balaban J connectivity index is 2.22. The molecule has 2 rings (SSSR count). The van der Waals surface area contributed by atoms with Crippen molar-refractivity contribution in [3.8, 4) is 5.75 Å². The Morgan fingerprint density at radius 2 is 1.38 bits per heavy atom. The maximum Gasteiger partial charge on any atom is 0.329 e. The number of amides is 2. The van der Waals surface area contributed by atoms with Crippen LogP contribution < -0.4 is 21.1 Å². The molecular formula is C31H45N3O6. The third-order valence-electron chi connectivity index (χ3n) is 5.47. The van der Waals surface area contributed by atoms with Gasteiger partial charge in [-0.15, -0.1) is 0 Å². The number of ether oxygens (including phenoxy) is 3. The molecule has 0 heterocycles. The minimum atomic E-state index is -0.968. The van der Waals surface area contributed by atoms with Gasteiger partial charge in [-0.3, -0.25) is 9.59 Å². The maximum atomic E-state index is 13.5. The molecule has 0 unspecified atom stereocenters. The summed E-state index contributed by atoms with van der Waals surface area (Å²) in [5, 5.41) is 5.63. The first-order valence-corrected chi connectivity index (χ1v) is 13.7. The van der Waals surface area contributed by atoms with E-state index in [4.69, 9.17) is 19.9 Å². The van der Waals surface area contributed by atoms with Gasteiger partial charge < -0.3 is 30.6 Å². The van der Waals surface area contributed by atoms with Gasteiger partial charge in [0, 0.05) is 25.8 Å². The van der Waals surface area contributed by atoms with Crippen LogP contribution >= 0.6 is 0 Å². The molecule has 0 aliphatic carbocycles. The average molecular weight is 556 g/mol. The smallest absolute Gasteiger partial charge is 0.329 e. The van der Waals surface area contributed by atoms with Gasteiger partial charge in [-0.25, -0.2) is 4.79 Å². The summed E-state index contributed by atoms with van der Waals surface area (Å²) < 4.78 is 16.8. The molecule has 0 aliphatic heterocycles. The number of benzene rings is 2. The molecule has 9 nitrogen and oxygen atoms in total. The second kappa shape index (κ2) is 15.4. The van der Waals surface area contributed by atoms with Gasteiger partial charge in [0.1, 0.15) is 29.0 Å². The Morgan fingerprint density at radius 3 is 1.95 bits per heavy atom. The number of hydrogen-bond donors (Lipinski definition) is 3. The molecule has 0 saturated heterocycles. The van der Waals surface area contributed by atoms with E-state index in [0.29, 0.717) is 18.9 Å². The van der Waals surface area contributed by atoms with Crippen LogP contribution in [0.2, 0.25) is 0 Å². The molecule has 40 heavy (non-hydrogen) atoms. The molecule has 2 aromatic rings. The highest BCUT2D eigenvalue weighted by molar-refractivity contribution is 5.91. The van der Waals surface area contributed by atoms with Gasteiger partial charge in [0.15, 0.2) is 0 Å². The minimum absolute atomic E-state index is 0.0804. The molecule has 9 heteroatoms. The van der Waals surface area contributed by atoms with E-state index in [1.165, 1.54) is 0 Å². The summed E-state index contributed by atoms with van der Waals surface area (Å²) in [5.41, 5.74) is 6.02. The van der Waals surface area contributed by atoms with Crippen molar-refractivity contribution >= 4 is 17.8 Å². The van der Waals surface area contributed by atoms with Crippen LogP contribution in [0.1, 0.15) is 59.1 Å². The highest BCUT2D eigenvalue weighted by Crippen LogP contribution is 2.20. The Labute approximate surface area is 238 Å². The summed E-state index contributed by atoms with van der Waals surface area (Å²) in [4.78, 5) is 39.4. The molecule has 0 spiro atoms. The van der Waals surface area contributed by atoms with E-state index in [2.05, 4.69) is 10.6 Å². The fraction of sp³-hybridized carbons (Fsp3) is 0.516. The van der Waals surface area contributed by atoms with E-state index in [1.807, 2.05) is 75.4 Å². The Hall–Kier alpha value is -3.43. The largest absolute Gasteiger partial charge is 0.488 e. The van der Waals surface area contributed by atoms with E-state index in [1.54, 1.807) is 20.8 Å². The number of rotatable bonds is 14. The van der Waals surface area contributed by atoms with Crippen LogP contribution in [0.25, 0.3) is 0 Å². The number of carbonyl (C=O) groups excluding carboxylic acids is 3. The van der Waals surface area contributed by atoms with Gasteiger partial charge in [-0.1, -0.05) is 42.5 Å². The molecule has 2 amide bonds. The van der Waals surface area contributed by atoms with Crippen molar-refractivity contribution in [1.82, 2.24) is 10.6 Å². The van der Waals surface area contributed by atoms with Crippen LogP contribution in [0.5, 0.6) is 5.75 Å². The third-order valence-corrected chi connectivity index (χ3v) is 5.47. The lowest BCUT2D eigenvalue weighted by molar-refractivity contribution is -0.158. The first kappa shape index (κ1) is 32.8. The van der Waals surface area contributed by atoms with E-state index in [9.17, 15) is 14.4 Å². The first-order valence-electron chi connectivity index (χ1n) is 13.7. The van der Waals surface area contributed by atoms with Crippen LogP contribution in [-0.4, -0.2) is 60.8 Å². The van der Waals surface area contributed by atoms with E-state index in [-0.39, 0.29) is 37.4 Å². The van der Waals surface area contributed by atoms with Crippen LogP contribution in [0, 0.1) is 0 Å². The molecule has 0 fully saturated rings. The molecule has 0 aromatic heterocycles. The predicted molar refractivity (Wildman–Crippen MR) is 155 cm³/mol. The number of esters is 1. The summed E-state index contributed by atoms with van der Waals surface area (Å²) in [6.07, 6.45) is 0.536. The summed E-state index contributed by atoms with van der Waals surface area (Å²) in [5.74, 6) is -0.675. The second-order valence-corrected chi connectivity index (χ2v) is 11.6. The van der Waals surface area contributed by atoms with Crippen molar-refractivity contribution in [3.05, 3.63) is 65.7 Å². The van der Waals surface area contributed by atoms with Gasteiger partial charge in [-0.2, -0.15) is 0 Å². The van der Waals surface area contributed by atoms with Gasteiger partial charge in [-0.05, 0) is 64.8 Å². The Morgan fingerprint density at radius 1 is 0.775 bits per heavy atom. The van der Waals surface area contributed by atoms with Gasteiger partial charge in [0.25, 0.3) is 0 Å². The highest BCUT2D eigenvalue weighted by atomic mass is 16.6. The average Bonchev–Trinajstić information content (AvgIpc) is 2.85. The van der Waals surface area contributed by atoms with Crippen LogP contribution in [0.4, 0.5) is 0 Å². The molecular weight excluding hydrogens is 510 g/mol. The molecule has 4 N–H and O–H groups in total. The fourth-order valence-electron chi connectivity index (χ4n) is 3.80. The molecule has 2 atom stereocenters. The van der Waals surface area contributed by atoms with Gasteiger partial charge >= 0.3 is 5.97 Å².